The van der Waals surface area contributed by atoms with E-state index in [0.717, 1.165) is 0 Å². The molecule has 4 rings (SSSR count). The van der Waals surface area contributed by atoms with Crippen molar-refractivity contribution in [3.05, 3.63) is 70.8 Å². The van der Waals surface area contributed by atoms with Crippen LogP contribution in [0.25, 0.3) is 22.3 Å². The van der Waals surface area contributed by atoms with Gasteiger partial charge in [0, 0.05) is 27.8 Å². The number of aromatic carboxylic acids is 2. The summed E-state index contributed by atoms with van der Waals surface area (Å²) in [6.45, 7) is 1.45. The van der Waals surface area contributed by atoms with Gasteiger partial charge in [0.2, 0.25) is 0 Å². The Morgan fingerprint density at radius 3 is 0.911 bits per heavy atom. The minimum atomic E-state index is -1.17. The quantitative estimate of drug-likeness (QED) is 0.105. The summed E-state index contributed by atoms with van der Waals surface area (Å²) in [7, 11) is 12.7. The molecule has 0 unspecified atom stereocenters. The Bertz CT molecular complexity index is 1950. The Morgan fingerprint density at radius 2 is 0.679 bits per heavy atom. The minimum absolute atomic E-state index is 0. The van der Waals surface area contributed by atoms with E-state index in [-0.39, 0.29) is 110 Å². The Balaban J connectivity index is 0.00000103. The van der Waals surface area contributed by atoms with E-state index < -0.39 is 17.9 Å². The molecule has 4 aromatic rings. The number of methoxy groups -OCH3 is 9. The Morgan fingerprint density at radius 1 is 0.429 bits per heavy atom. The number of carbonyl (C=O) groups excluding carboxylic acids is 2. The van der Waals surface area contributed by atoms with Gasteiger partial charge < -0.3 is 58.3 Å². The second kappa shape index (κ2) is 23.1. The van der Waals surface area contributed by atoms with Crippen LogP contribution in [0.3, 0.4) is 0 Å². The van der Waals surface area contributed by atoms with Gasteiger partial charge in [0.25, 0.3) is 0 Å². The number of carbonyl (C=O) groups is 4. The summed E-state index contributed by atoms with van der Waals surface area (Å²) in [6.07, 6.45) is 0. The van der Waals surface area contributed by atoms with Crippen LogP contribution in [0, 0.1) is 0 Å². The molecule has 0 bridgehead atoms. The average molecular weight is 809 g/mol. The van der Waals surface area contributed by atoms with Crippen LogP contribution in [0.1, 0.15) is 55.8 Å². The van der Waals surface area contributed by atoms with E-state index in [1.165, 1.54) is 101 Å². The Labute approximate surface area is 367 Å². The van der Waals surface area contributed by atoms with E-state index in [9.17, 15) is 29.4 Å². The van der Waals surface area contributed by atoms with Gasteiger partial charge in [0.05, 0.1) is 80.7 Å². The second-order valence-corrected chi connectivity index (χ2v) is 10.7. The van der Waals surface area contributed by atoms with Gasteiger partial charge in [-0.05, 0) is 55.5 Å². The molecule has 0 saturated heterocycles. The molecule has 4 aromatic carbocycles. The number of carboxylic acid groups (broad SMARTS) is 2. The molecule has 0 fully saturated rings. The number of ketones is 1. The van der Waals surface area contributed by atoms with E-state index in [2.05, 4.69) is 0 Å². The predicted molar refractivity (Wildman–Crippen MR) is 200 cm³/mol. The van der Waals surface area contributed by atoms with E-state index in [0.29, 0.717) is 50.8 Å². The van der Waals surface area contributed by atoms with Crippen molar-refractivity contribution in [1.82, 2.24) is 0 Å². The van der Waals surface area contributed by atoms with Gasteiger partial charge in [-0.15, -0.1) is 0 Å². The number of rotatable bonds is 14. The first-order chi connectivity index (χ1) is 25.3. The predicted octanol–water partition coefficient (Wildman–Crippen LogP) is 3.62. The summed E-state index contributed by atoms with van der Waals surface area (Å²) in [5, 5.41) is 18.7. The number of ether oxygens (including phenoxy) is 9. The number of Topliss-reactive ketones (excluding diaryl/α,β-unsaturated/α-hetero) is 1. The summed E-state index contributed by atoms with van der Waals surface area (Å²) in [5.41, 5.74) is 2.17. The zero-order valence-corrected chi connectivity index (χ0v) is 35.4. The fourth-order valence-corrected chi connectivity index (χ4v) is 5.34. The Kier molecular flexibility index (Phi) is 21.0. The Hall–Kier alpha value is -5.04. The number of carboxylic acids is 2. The topological polar surface area (TPSA) is 222 Å². The maximum absolute atomic E-state index is 12.1. The first-order valence-corrected chi connectivity index (χ1v) is 15.4. The average Bonchev–Trinajstić information content (AvgIpc) is 3.17. The van der Waals surface area contributed by atoms with Crippen molar-refractivity contribution in [2.24, 2.45) is 0 Å². The molecule has 0 amide bonds. The monoisotopic (exact) mass is 808 g/mol. The minimum Gasteiger partial charge on any atom is -0.870 e. The molecule has 56 heavy (non-hydrogen) atoms. The molecule has 0 spiro atoms. The molecule has 0 aromatic heterocycles. The van der Waals surface area contributed by atoms with E-state index in [1.54, 1.807) is 18.2 Å². The third kappa shape index (κ3) is 11.0. The SMILES string of the molecule is C.COC(=O)c1cc(OC)c(OC)c(-c2cc(C(C)=O)cc(OC)c2OC)c1.COc1cc(C(=O)O)cc(-c2cc(C(=O)O)cc(OC)c2OC)c1OC.[K+].[OH-]. The summed E-state index contributed by atoms with van der Waals surface area (Å²) in [5.74, 6) is -0.697. The first kappa shape index (κ1) is 51.0. The van der Waals surface area contributed by atoms with E-state index in [1.807, 2.05) is 0 Å². The molecular weight excluding hydrogens is 764 g/mol. The summed E-state index contributed by atoms with van der Waals surface area (Å²) in [4.78, 5) is 47.0. The van der Waals surface area contributed by atoms with Crippen molar-refractivity contribution in [3.63, 3.8) is 0 Å². The fourth-order valence-electron chi connectivity index (χ4n) is 5.34. The van der Waals surface area contributed by atoms with Crippen molar-refractivity contribution in [2.75, 3.05) is 64.0 Å². The van der Waals surface area contributed by atoms with Gasteiger partial charge in [-0.25, -0.2) is 14.4 Å². The van der Waals surface area contributed by atoms with Gasteiger partial charge in [-0.2, -0.15) is 0 Å². The van der Waals surface area contributed by atoms with Gasteiger partial charge >= 0.3 is 69.3 Å². The maximum atomic E-state index is 12.1. The second-order valence-electron chi connectivity index (χ2n) is 10.7. The van der Waals surface area contributed by atoms with Crippen molar-refractivity contribution in [3.8, 4) is 68.2 Å². The van der Waals surface area contributed by atoms with Gasteiger partial charge in [0.1, 0.15) is 0 Å². The first-order valence-electron chi connectivity index (χ1n) is 15.4. The molecule has 0 aliphatic rings. The molecule has 298 valence electrons. The van der Waals surface area contributed by atoms with Crippen molar-refractivity contribution < 1.29 is 129 Å². The van der Waals surface area contributed by atoms with Crippen LogP contribution >= 0.6 is 0 Å². The molecule has 0 atom stereocenters. The van der Waals surface area contributed by atoms with Crippen molar-refractivity contribution in [2.45, 2.75) is 14.4 Å². The molecule has 0 radical (unpaired) electrons. The van der Waals surface area contributed by atoms with Crippen molar-refractivity contribution >= 4 is 23.7 Å². The fraction of sp³-hybridized carbons (Fsp3) is 0.282. The van der Waals surface area contributed by atoms with Crippen LogP contribution in [0.5, 0.6) is 46.0 Å². The molecule has 0 aliphatic heterocycles. The van der Waals surface area contributed by atoms with Gasteiger partial charge in [-0.1, -0.05) is 7.43 Å². The zero-order valence-electron chi connectivity index (χ0n) is 32.3. The molecule has 0 aliphatic carbocycles. The largest absolute Gasteiger partial charge is 1.00 e. The number of hydrogen-bond acceptors (Lipinski definition) is 14. The normalized spacial score (nSPS) is 9.61. The van der Waals surface area contributed by atoms with Crippen LogP contribution in [0.4, 0.5) is 0 Å². The molecule has 3 N–H and O–H groups in total. The third-order valence-electron chi connectivity index (χ3n) is 7.82. The summed E-state index contributed by atoms with van der Waals surface area (Å²) < 4.78 is 47.8. The van der Waals surface area contributed by atoms with Crippen LogP contribution in [0.15, 0.2) is 48.5 Å². The summed E-state index contributed by atoms with van der Waals surface area (Å²) in [6, 6.07) is 11.7. The van der Waals surface area contributed by atoms with Crippen LogP contribution in [0.2, 0.25) is 0 Å². The number of benzene rings is 4. The molecule has 16 nitrogen and oxygen atoms in total. The van der Waals surface area contributed by atoms with Crippen LogP contribution in [-0.4, -0.2) is 103 Å². The molecular formula is C39H45KO16. The number of esters is 1. The molecule has 0 saturated carbocycles. The van der Waals surface area contributed by atoms with Crippen LogP contribution < -0.4 is 89.3 Å². The molecule has 0 heterocycles. The van der Waals surface area contributed by atoms with Gasteiger partial charge in [-0.3, -0.25) is 4.79 Å². The smallest absolute Gasteiger partial charge is 0.870 e. The van der Waals surface area contributed by atoms with E-state index in [4.69, 9.17) is 42.6 Å². The third-order valence-corrected chi connectivity index (χ3v) is 7.82. The van der Waals surface area contributed by atoms with Crippen molar-refractivity contribution in [1.29, 1.82) is 0 Å². The molecule has 17 heteroatoms. The van der Waals surface area contributed by atoms with E-state index >= 15 is 0 Å². The maximum Gasteiger partial charge on any atom is 1.00 e. The number of hydrogen-bond donors (Lipinski definition) is 2. The standard InChI is InChI=1S/C20H22O7.C18H18O8.CH4.K.H2O/c1-11(21)12-7-14(18(25-4)16(9-12)23-2)15-8-13(20(22)27-6)10-17(24-3)19(15)26-5;1-23-13-7-9(17(19)20)5-11(15(13)25-3)12-6-10(18(21)22)8-14(24-2)16(12)26-4;;;/h7-10H,1-6H3;5-8H,1-4H3,(H,19,20)(H,21,22);1H4;;1H2/q;;;+1;/p-1. The summed E-state index contributed by atoms with van der Waals surface area (Å²) >= 11 is 0. The van der Waals surface area contributed by atoms with Crippen LogP contribution in [-0.2, 0) is 4.74 Å². The zero-order chi connectivity index (χ0) is 39.6. The van der Waals surface area contributed by atoms with Gasteiger partial charge in [0.15, 0.2) is 51.8 Å².